The molecular weight excluding hydrogens is 530 g/mol. The molecule has 5 saturated carbocycles. The molecule has 7 bridgehead atoms. The maximum Gasteiger partial charge on any atom is 0.338 e. The van der Waals surface area contributed by atoms with Crippen molar-refractivity contribution in [2.75, 3.05) is 48.6 Å². The van der Waals surface area contributed by atoms with Crippen molar-refractivity contribution in [3.8, 4) is 0 Å². The average molecular weight is 574 g/mol. The van der Waals surface area contributed by atoms with Crippen molar-refractivity contribution in [2.45, 2.75) is 67.0 Å². The second-order valence-electron chi connectivity index (χ2n) is 13.6. The molecule has 1 saturated heterocycles. The Bertz CT molecular complexity index is 1200. The molecule has 6 fully saturated rings. The van der Waals surface area contributed by atoms with Crippen molar-refractivity contribution in [3.05, 3.63) is 35.9 Å². The zero-order valence-corrected chi connectivity index (χ0v) is 24.4. The molecule has 10 heteroatoms. The summed E-state index contributed by atoms with van der Waals surface area (Å²) in [5.74, 6) is -2.30. The molecule has 10 nitrogen and oxygen atoms in total. The first-order chi connectivity index (χ1) is 19.6. The minimum Gasteiger partial charge on any atom is -0.455 e. The van der Waals surface area contributed by atoms with Gasteiger partial charge in [0.1, 0.15) is 29.5 Å². The van der Waals surface area contributed by atoms with Crippen LogP contribution in [0, 0.1) is 34.5 Å². The molecule has 1 aliphatic heterocycles. The molecule has 0 aromatic heterocycles. The maximum absolute atomic E-state index is 13.5. The summed E-state index contributed by atoms with van der Waals surface area (Å²) < 4.78 is 30.6. The van der Waals surface area contributed by atoms with E-state index in [1.165, 1.54) is 7.11 Å². The van der Waals surface area contributed by atoms with E-state index in [2.05, 4.69) is 11.9 Å². The number of hydrogen-bond donors (Lipinski definition) is 3. The lowest BCUT2D eigenvalue weighted by Gasteiger charge is -2.69. The van der Waals surface area contributed by atoms with Crippen LogP contribution in [0.2, 0.25) is 0 Å². The quantitative estimate of drug-likeness (QED) is 0.402. The molecule has 14 atom stereocenters. The molecule has 226 valence electrons. The summed E-state index contributed by atoms with van der Waals surface area (Å²) in [6, 6.07) is 8.46. The predicted octanol–water partition coefficient (Wildman–Crippen LogP) is 0.716. The van der Waals surface area contributed by atoms with Crippen LogP contribution in [0.4, 0.5) is 0 Å². The highest BCUT2D eigenvalue weighted by Crippen LogP contribution is 2.80. The lowest BCUT2D eigenvalue weighted by atomic mass is 9.43. The number of aliphatic hydroxyl groups is 3. The van der Waals surface area contributed by atoms with Crippen molar-refractivity contribution in [2.24, 2.45) is 34.5 Å². The van der Waals surface area contributed by atoms with Gasteiger partial charge in [-0.2, -0.15) is 0 Å². The maximum atomic E-state index is 13.5. The summed E-state index contributed by atoms with van der Waals surface area (Å²) in [6.45, 7) is 1.29. The number of carbonyl (C=O) groups is 1. The highest BCUT2D eigenvalue weighted by atomic mass is 16.6. The predicted molar refractivity (Wildman–Crippen MR) is 145 cm³/mol. The fourth-order valence-electron chi connectivity index (χ4n) is 11.8. The Morgan fingerprint density at radius 2 is 1.76 bits per heavy atom. The van der Waals surface area contributed by atoms with Gasteiger partial charge in [0.05, 0.1) is 24.4 Å². The number of methoxy groups -OCH3 is 4. The van der Waals surface area contributed by atoms with E-state index in [9.17, 15) is 20.1 Å². The number of ether oxygens (including phenoxy) is 5. The lowest BCUT2D eigenvalue weighted by Crippen LogP contribution is -2.79. The summed E-state index contributed by atoms with van der Waals surface area (Å²) in [4.78, 5) is 15.8. The number of fused-ring (bicyclic) bond motifs is 2. The number of carbonyl (C=O) groups excluding carboxylic acids is 1. The summed E-state index contributed by atoms with van der Waals surface area (Å²) in [5, 5.41) is 37.6. The Labute approximate surface area is 240 Å². The zero-order chi connectivity index (χ0) is 29.1. The molecule has 0 amide bonds. The molecule has 41 heavy (non-hydrogen) atoms. The lowest BCUT2D eigenvalue weighted by molar-refractivity contribution is -0.313. The highest BCUT2D eigenvalue weighted by molar-refractivity contribution is 5.89. The van der Waals surface area contributed by atoms with Crippen LogP contribution in [0.25, 0.3) is 0 Å². The van der Waals surface area contributed by atoms with E-state index in [0.29, 0.717) is 12.2 Å². The van der Waals surface area contributed by atoms with E-state index in [1.54, 1.807) is 45.6 Å². The monoisotopic (exact) mass is 573 g/mol. The fraction of sp³-hybridized carbons (Fsp3) is 0.774. The Hall–Kier alpha value is -1.63. The second-order valence-corrected chi connectivity index (χ2v) is 13.6. The number of esters is 1. The number of piperidine rings is 1. The van der Waals surface area contributed by atoms with Gasteiger partial charge in [-0.15, -0.1) is 0 Å². The Balaban J connectivity index is 1.46. The number of likely N-dealkylation sites (tertiary alicyclic amines) is 1. The molecule has 1 heterocycles. The van der Waals surface area contributed by atoms with Gasteiger partial charge in [-0.1, -0.05) is 18.2 Å². The molecule has 0 radical (unpaired) electrons. The highest BCUT2D eigenvalue weighted by Gasteiger charge is 2.90. The van der Waals surface area contributed by atoms with Gasteiger partial charge in [0.2, 0.25) is 0 Å². The topological polar surface area (TPSA) is 127 Å². The van der Waals surface area contributed by atoms with Crippen molar-refractivity contribution < 1.29 is 43.8 Å². The van der Waals surface area contributed by atoms with Gasteiger partial charge in [0.25, 0.3) is 0 Å². The number of nitrogens with zero attached hydrogens (tertiary/aromatic N) is 1. The number of aliphatic hydroxyl groups excluding tert-OH is 1. The molecule has 6 aliphatic rings. The van der Waals surface area contributed by atoms with Crippen LogP contribution in [0.1, 0.15) is 29.6 Å². The van der Waals surface area contributed by atoms with E-state index in [4.69, 9.17) is 23.7 Å². The van der Waals surface area contributed by atoms with Crippen LogP contribution >= 0.6 is 0 Å². The zero-order valence-electron chi connectivity index (χ0n) is 24.4. The van der Waals surface area contributed by atoms with E-state index in [1.807, 2.05) is 6.07 Å². The Kier molecular flexibility index (Phi) is 6.31. The van der Waals surface area contributed by atoms with E-state index in [-0.39, 0.29) is 35.8 Å². The first kappa shape index (κ1) is 28.2. The van der Waals surface area contributed by atoms with Crippen molar-refractivity contribution in [1.29, 1.82) is 0 Å². The van der Waals surface area contributed by atoms with Crippen LogP contribution in [-0.4, -0.2) is 123 Å². The second kappa shape index (κ2) is 9.19. The first-order valence-corrected chi connectivity index (χ1v) is 14.8. The van der Waals surface area contributed by atoms with E-state index < -0.39 is 58.8 Å². The van der Waals surface area contributed by atoms with Gasteiger partial charge in [0.15, 0.2) is 0 Å². The van der Waals surface area contributed by atoms with Gasteiger partial charge in [0, 0.05) is 69.6 Å². The van der Waals surface area contributed by atoms with Gasteiger partial charge in [-0.25, -0.2) is 4.79 Å². The molecule has 1 spiro atoms. The van der Waals surface area contributed by atoms with E-state index in [0.717, 1.165) is 19.4 Å². The minimum absolute atomic E-state index is 0.0644. The van der Waals surface area contributed by atoms with Crippen molar-refractivity contribution >= 4 is 5.97 Å². The van der Waals surface area contributed by atoms with Gasteiger partial charge < -0.3 is 43.9 Å². The SMILES string of the molecule is COCC12CCC(OC)C34[C@@H]5C[C@@]6(O)C(OC(=O)c7ccccc7)[C@@H]5[C@@](O)(C(C(OC)[C@H]13)[C@H]4N(C)C2)C(O)[C@@H]6OC. The molecule has 7 rings (SSSR count). The number of rotatable bonds is 7. The molecular formula is C31H43NO9. The van der Waals surface area contributed by atoms with Crippen molar-refractivity contribution in [1.82, 2.24) is 4.90 Å². The molecule has 1 aromatic carbocycles. The van der Waals surface area contributed by atoms with Crippen LogP contribution in [0.3, 0.4) is 0 Å². The van der Waals surface area contributed by atoms with Gasteiger partial charge in [-0.05, 0) is 44.4 Å². The standard InChI is InChI=1S/C31H43NO9/c1-32-14-28(15-37-2)12-11-18(38-3)30-17-13-29(35)25(41-27(34)16-9-7-6-8-10-16)19(17)31(36,24(33)26(29)40-5)20(23(30)32)21(39-4)22(28)30/h6-10,17-26,33,35-36H,11-15H2,1-5H3/t17-,18?,19-,20?,21?,22-,23-,24?,25?,26+,28?,29-,30?,31-/m1/s1. The number of hydrogen-bond acceptors (Lipinski definition) is 10. The normalized spacial score (nSPS) is 52.9. The summed E-state index contributed by atoms with van der Waals surface area (Å²) in [6.07, 6.45) is -2.45. The Morgan fingerprint density at radius 1 is 1.02 bits per heavy atom. The third-order valence-electron chi connectivity index (χ3n) is 12.5. The third kappa shape index (κ3) is 3.08. The van der Waals surface area contributed by atoms with Crippen LogP contribution in [-0.2, 0) is 23.7 Å². The number of benzene rings is 1. The van der Waals surface area contributed by atoms with Crippen LogP contribution in [0.15, 0.2) is 30.3 Å². The van der Waals surface area contributed by atoms with Crippen molar-refractivity contribution in [3.63, 3.8) is 0 Å². The van der Waals surface area contributed by atoms with Gasteiger partial charge in [-0.3, -0.25) is 0 Å². The first-order valence-electron chi connectivity index (χ1n) is 14.8. The molecule has 3 N–H and O–H groups in total. The van der Waals surface area contributed by atoms with Gasteiger partial charge >= 0.3 is 5.97 Å². The molecule has 5 aliphatic carbocycles. The molecule has 7 unspecified atom stereocenters. The smallest absolute Gasteiger partial charge is 0.338 e. The molecule has 1 aromatic rings. The Morgan fingerprint density at radius 3 is 2.39 bits per heavy atom. The largest absolute Gasteiger partial charge is 0.455 e. The summed E-state index contributed by atoms with van der Waals surface area (Å²) in [5.41, 5.74) is -3.95. The average Bonchev–Trinajstić information content (AvgIpc) is 3.36. The minimum atomic E-state index is -1.76. The summed E-state index contributed by atoms with van der Waals surface area (Å²) >= 11 is 0. The summed E-state index contributed by atoms with van der Waals surface area (Å²) in [7, 11) is 8.65. The van der Waals surface area contributed by atoms with Crippen LogP contribution < -0.4 is 0 Å². The van der Waals surface area contributed by atoms with Crippen LogP contribution in [0.5, 0.6) is 0 Å². The third-order valence-corrected chi connectivity index (χ3v) is 12.5. The van der Waals surface area contributed by atoms with E-state index >= 15 is 0 Å². The fourth-order valence-corrected chi connectivity index (χ4v) is 11.8.